The van der Waals surface area contributed by atoms with Crippen molar-refractivity contribution in [2.24, 2.45) is 0 Å². The number of halogens is 4. The lowest BCUT2D eigenvalue weighted by Gasteiger charge is -2.33. The number of nitrogens with zero attached hydrogens (tertiary/aromatic N) is 3. The topological polar surface area (TPSA) is 70.2 Å². The molecular weight excluding hydrogens is 383 g/mol. The zero-order valence-corrected chi connectivity index (χ0v) is 14.9. The van der Waals surface area contributed by atoms with E-state index in [1.54, 1.807) is 18.5 Å². The standard InChI is InChI=1S/C17H17ClF3N5O/c18-14-5-4-11(9-13(14)17(19,20)21)24-16(27)25-12-3-1-8-26(10-12)15-22-6-2-7-23-15/h2,4-7,9,12H,1,3,8,10H2,(H2,24,25,27). The Balaban J connectivity index is 1.61. The molecule has 0 radical (unpaired) electrons. The Hall–Kier alpha value is -2.55. The number of hydrogen-bond acceptors (Lipinski definition) is 4. The van der Waals surface area contributed by atoms with E-state index < -0.39 is 22.8 Å². The van der Waals surface area contributed by atoms with Gasteiger partial charge in [0, 0.05) is 37.2 Å². The largest absolute Gasteiger partial charge is 0.417 e. The highest BCUT2D eigenvalue weighted by atomic mass is 35.5. The predicted molar refractivity (Wildman–Crippen MR) is 95.9 cm³/mol. The molecule has 1 saturated heterocycles. The monoisotopic (exact) mass is 399 g/mol. The van der Waals surface area contributed by atoms with Crippen molar-refractivity contribution < 1.29 is 18.0 Å². The molecule has 27 heavy (non-hydrogen) atoms. The summed E-state index contributed by atoms with van der Waals surface area (Å²) < 4.78 is 38.7. The number of carbonyl (C=O) groups is 1. The number of benzene rings is 1. The van der Waals surface area contributed by atoms with Crippen LogP contribution >= 0.6 is 11.6 Å². The average Bonchev–Trinajstić information content (AvgIpc) is 2.63. The molecular formula is C17H17ClF3N5O. The first-order valence-electron chi connectivity index (χ1n) is 8.29. The van der Waals surface area contributed by atoms with Gasteiger partial charge >= 0.3 is 12.2 Å². The van der Waals surface area contributed by atoms with Crippen LogP contribution in [0.1, 0.15) is 18.4 Å². The van der Waals surface area contributed by atoms with Crippen LogP contribution < -0.4 is 15.5 Å². The van der Waals surface area contributed by atoms with Gasteiger partial charge in [-0.2, -0.15) is 13.2 Å². The van der Waals surface area contributed by atoms with E-state index >= 15 is 0 Å². The van der Waals surface area contributed by atoms with Crippen LogP contribution in [-0.2, 0) is 6.18 Å². The van der Waals surface area contributed by atoms with Gasteiger partial charge in [-0.05, 0) is 37.1 Å². The first-order chi connectivity index (χ1) is 12.8. The fraction of sp³-hybridized carbons (Fsp3) is 0.353. The van der Waals surface area contributed by atoms with E-state index in [-0.39, 0.29) is 11.7 Å². The van der Waals surface area contributed by atoms with Crippen LogP contribution in [-0.4, -0.2) is 35.1 Å². The Morgan fingerprint density at radius 1 is 1.26 bits per heavy atom. The number of rotatable bonds is 3. The summed E-state index contributed by atoms with van der Waals surface area (Å²) in [6.07, 6.45) is 0.286. The van der Waals surface area contributed by atoms with Crippen LogP contribution in [0.4, 0.5) is 29.6 Å². The summed E-state index contributed by atoms with van der Waals surface area (Å²) in [5, 5.41) is 4.79. The molecule has 0 bridgehead atoms. The highest BCUT2D eigenvalue weighted by Crippen LogP contribution is 2.36. The molecule has 2 N–H and O–H groups in total. The Morgan fingerprint density at radius 3 is 2.70 bits per heavy atom. The summed E-state index contributed by atoms with van der Waals surface area (Å²) in [4.78, 5) is 22.5. The molecule has 1 aliphatic heterocycles. The van der Waals surface area contributed by atoms with Crippen LogP contribution in [0.15, 0.2) is 36.7 Å². The number of carbonyl (C=O) groups excluding carboxylic acids is 1. The lowest BCUT2D eigenvalue weighted by molar-refractivity contribution is -0.137. The molecule has 1 atom stereocenters. The van der Waals surface area contributed by atoms with Gasteiger partial charge in [0.05, 0.1) is 10.6 Å². The molecule has 144 valence electrons. The maximum Gasteiger partial charge on any atom is 0.417 e. The predicted octanol–water partition coefficient (Wildman–Crippen LogP) is 3.94. The van der Waals surface area contributed by atoms with Crippen molar-refractivity contribution in [1.82, 2.24) is 15.3 Å². The number of piperidine rings is 1. The van der Waals surface area contributed by atoms with Crippen molar-refractivity contribution in [1.29, 1.82) is 0 Å². The maximum absolute atomic E-state index is 12.9. The molecule has 6 nitrogen and oxygen atoms in total. The molecule has 3 rings (SSSR count). The van der Waals surface area contributed by atoms with Crippen molar-refractivity contribution in [2.75, 3.05) is 23.3 Å². The quantitative estimate of drug-likeness (QED) is 0.820. The van der Waals surface area contributed by atoms with Crippen molar-refractivity contribution >= 4 is 29.3 Å². The highest BCUT2D eigenvalue weighted by Gasteiger charge is 2.33. The summed E-state index contributed by atoms with van der Waals surface area (Å²) >= 11 is 5.58. The van der Waals surface area contributed by atoms with E-state index in [1.165, 1.54) is 6.07 Å². The third-order valence-electron chi connectivity index (χ3n) is 4.12. The molecule has 1 fully saturated rings. The lowest BCUT2D eigenvalue weighted by atomic mass is 10.1. The highest BCUT2D eigenvalue weighted by molar-refractivity contribution is 6.31. The molecule has 2 aromatic rings. The molecule has 0 aliphatic carbocycles. The number of amides is 2. The number of aromatic nitrogens is 2. The Labute approximate surface area is 158 Å². The van der Waals surface area contributed by atoms with E-state index in [9.17, 15) is 18.0 Å². The second-order valence-corrected chi connectivity index (χ2v) is 6.53. The van der Waals surface area contributed by atoms with Gasteiger partial charge in [0.15, 0.2) is 0 Å². The van der Waals surface area contributed by atoms with Gasteiger partial charge in [-0.25, -0.2) is 14.8 Å². The SMILES string of the molecule is O=C(Nc1ccc(Cl)c(C(F)(F)F)c1)NC1CCCN(c2ncccn2)C1. The van der Waals surface area contributed by atoms with Gasteiger partial charge in [0.25, 0.3) is 0 Å². The minimum absolute atomic E-state index is 0.0169. The molecule has 1 aliphatic rings. The van der Waals surface area contributed by atoms with Gasteiger partial charge in [-0.1, -0.05) is 11.6 Å². The summed E-state index contributed by atoms with van der Waals surface area (Å²) in [6, 6.07) is 4.21. The Bertz CT molecular complexity index is 803. The zero-order chi connectivity index (χ0) is 19.4. The lowest BCUT2D eigenvalue weighted by Crippen LogP contribution is -2.49. The van der Waals surface area contributed by atoms with Gasteiger partial charge in [-0.15, -0.1) is 0 Å². The minimum atomic E-state index is -4.59. The van der Waals surface area contributed by atoms with Crippen LogP contribution in [0, 0.1) is 0 Å². The van der Waals surface area contributed by atoms with Crippen molar-refractivity contribution in [3.63, 3.8) is 0 Å². The van der Waals surface area contributed by atoms with Crippen LogP contribution in [0.5, 0.6) is 0 Å². The number of alkyl halides is 3. The average molecular weight is 400 g/mol. The zero-order valence-electron chi connectivity index (χ0n) is 14.1. The normalized spacial score (nSPS) is 17.5. The van der Waals surface area contributed by atoms with Gasteiger partial charge in [0.2, 0.25) is 5.95 Å². The van der Waals surface area contributed by atoms with Gasteiger partial charge < -0.3 is 15.5 Å². The molecule has 2 heterocycles. The first-order valence-corrected chi connectivity index (χ1v) is 8.67. The number of urea groups is 1. The van der Waals surface area contributed by atoms with Crippen molar-refractivity contribution in [3.05, 3.63) is 47.2 Å². The smallest absolute Gasteiger partial charge is 0.339 e. The summed E-state index contributed by atoms with van der Waals surface area (Å²) in [6.45, 7) is 1.29. The van der Waals surface area contributed by atoms with Crippen molar-refractivity contribution in [3.8, 4) is 0 Å². The van der Waals surface area contributed by atoms with Gasteiger partial charge in [-0.3, -0.25) is 0 Å². The fourth-order valence-electron chi connectivity index (χ4n) is 2.90. The van der Waals surface area contributed by atoms with Crippen LogP contribution in [0.25, 0.3) is 0 Å². The van der Waals surface area contributed by atoms with Crippen LogP contribution in [0.2, 0.25) is 5.02 Å². The molecule has 1 aromatic heterocycles. The van der Waals surface area contributed by atoms with E-state index in [0.29, 0.717) is 12.5 Å². The van der Waals surface area contributed by atoms with Crippen LogP contribution in [0.3, 0.4) is 0 Å². The van der Waals surface area contributed by atoms with E-state index in [4.69, 9.17) is 11.6 Å². The molecule has 2 amide bonds. The third-order valence-corrected chi connectivity index (χ3v) is 4.45. The Morgan fingerprint density at radius 2 is 2.00 bits per heavy atom. The summed E-state index contributed by atoms with van der Waals surface area (Å²) in [5.74, 6) is 0.580. The summed E-state index contributed by atoms with van der Waals surface area (Å²) in [7, 11) is 0. The molecule has 1 aromatic carbocycles. The second-order valence-electron chi connectivity index (χ2n) is 6.12. The number of hydrogen-bond donors (Lipinski definition) is 2. The molecule has 10 heteroatoms. The fourth-order valence-corrected chi connectivity index (χ4v) is 3.13. The first kappa shape index (κ1) is 19.2. The minimum Gasteiger partial charge on any atom is -0.339 e. The van der Waals surface area contributed by atoms with E-state index in [2.05, 4.69) is 20.6 Å². The van der Waals surface area contributed by atoms with Gasteiger partial charge in [0.1, 0.15) is 0 Å². The third kappa shape index (κ3) is 5.00. The van der Waals surface area contributed by atoms with Crippen molar-refractivity contribution in [2.45, 2.75) is 25.1 Å². The maximum atomic E-state index is 12.9. The molecule has 0 saturated carbocycles. The Kier molecular flexibility index (Phi) is 5.69. The molecule has 1 unspecified atom stereocenters. The second kappa shape index (κ2) is 7.99. The number of anilines is 2. The van der Waals surface area contributed by atoms with E-state index in [1.807, 2.05) is 4.90 Å². The molecule has 0 spiro atoms. The number of nitrogens with one attached hydrogen (secondary N) is 2. The summed E-state index contributed by atoms with van der Waals surface area (Å²) in [5.41, 5.74) is -0.977. The van der Waals surface area contributed by atoms with E-state index in [0.717, 1.165) is 31.5 Å².